The Kier molecular flexibility index (Phi) is 4.51. The third kappa shape index (κ3) is 2.93. The molecular formula is C16H28O7. The summed E-state index contributed by atoms with van der Waals surface area (Å²) in [5.74, 6) is 0.360. The van der Waals surface area contributed by atoms with Crippen LogP contribution in [0.5, 0.6) is 0 Å². The largest absolute Gasteiger partial charge is 0.394 e. The van der Waals surface area contributed by atoms with Crippen LogP contribution in [-0.4, -0.2) is 75.0 Å². The van der Waals surface area contributed by atoms with E-state index in [0.717, 1.165) is 19.3 Å². The average molecular weight is 332 g/mol. The first-order valence-electron chi connectivity index (χ1n) is 8.34. The predicted octanol–water partition coefficient (Wildman–Crippen LogP) is -0.461. The Balaban J connectivity index is 1.72. The van der Waals surface area contributed by atoms with Crippen LogP contribution in [0.4, 0.5) is 0 Å². The molecule has 3 heterocycles. The van der Waals surface area contributed by atoms with Crippen molar-refractivity contribution in [2.75, 3.05) is 6.61 Å². The van der Waals surface area contributed by atoms with Crippen molar-refractivity contribution >= 4 is 0 Å². The minimum atomic E-state index is -1.42. The molecule has 3 saturated heterocycles. The molecule has 1 saturated carbocycles. The van der Waals surface area contributed by atoms with Crippen molar-refractivity contribution in [1.82, 2.24) is 0 Å². The normalized spacial score (nSPS) is 52.6. The lowest BCUT2D eigenvalue weighted by Crippen LogP contribution is -2.65. The van der Waals surface area contributed by atoms with Crippen LogP contribution < -0.4 is 0 Å². The summed E-state index contributed by atoms with van der Waals surface area (Å²) < 4.78 is 17.6. The van der Waals surface area contributed by atoms with Crippen molar-refractivity contribution in [3.8, 4) is 0 Å². The molecule has 4 aliphatic rings. The third-order valence-corrected chi connectivity index (χ3v) is 5.80. The Morgan fingerprint density at radius 3 is 2.35 bits per heavy atom. The Morgan fingerprint density at radius 1 is 1.09 bits per heavy atom. The van der Waals surface area contributed by atoms with E-state index in [1.165, 1.54) is 0 Å². The van der Waals surface area contributed by atoms with E-state index in [4.69, 9.17) is 14.2 Å². The second kappa shape index (κ2) is 5.91. The minimum absolute atomic E-state index is 0.206. The first kappa shape index (κ1) is 17.5. The van der Waals surface area contributed by atoms with Crippen LogP contribution in [0.3, 0.4) is 0 Å². The van der Waals surface area contributed by atoms with Crippen molar-refractivity contribution in [3.05, 3.63) is 0 Å². The van der Waals surface area contributed by atoms with E-state index in [0.29, 0.717) is 5.92 Å². The van der Waals surface area contributed by atoms with Gasteiger partial charge in [0, 0.05) is 0 Å². The first-order valence-corrected chi connectivity index (χ1v) is 8.34. The van der Waals surface area contributed by atoms with E-state index in [-0.39, 0.29) is 11.7 Å². The molecule has 3 aliphatic heterocycles. The molecule has 0 aromatic rings. The first-order chi connectivity index (χ1) is 10.7. The number of aliphatic hydroxyl groups is 4. The lowest BCUT2D eigenvalue weighted by molar-refractivity contribution is -0.353. The molecule has 4 rings (SSSR count). The molecule has 0 aromatic heterocycles. The highest BCUT2D eigenvalue weighted by atomic mass is 16.7. The number of hydrogen-bond acceptors (Lipinski definition) is 7. The van der Waals surface area contributed by atoms with Gasteiger partial charge in [-0.1, -0.05) is 0 Å². The number of rotatable bonds is 3. The highest BCUT2D eigenvalue weighted by Crippen LogP contribution is 2.51. The van der Waals surface area contributed by atoms with Gasteiger partial charge in [-0.25, -0.2) is 0 Å². The Morgan fingerprint density at radius 2 is 1.78 bits per heavy atom. The summed E-state index contributed by atoms with van der Waals surface area (Å²) in [5.41, 5.74) is -0.681. The zero-order chi connectivity index (χ0) is 17.0. The maximum atomic E-state index is 10.1. The van der Waals surface area contributed by atoms with Crippen molar-refractivity contribution < 1.29 is 34.6 Å². The molecule has 0 unspecified atom stereocenters. The Bertz CT molecular complexity index is 440. The second-order valence-corrected chi connectivity index (χ2v) is 7.81. The molecule has 4 N–H and O–H groups in total. The summed E-state index contributed by atoms with van der Waals surface area (Å²) in [6.07, 6.45) is -3.76. The van der Waals surface area contributed by atoms with E-state index in [1.54, 1.807) is 0 Å². The van der Waals surface area contributed by atoms with E-state index in [1.807, 2.05) is 6.92 Å². The van der Waals surface area contributed by atoms with Crippen molar-refractivity contribution in [2.45, 2.75) is 88.0 Å². The predicted molar refractivity (Wildman–Crippen MR) is 79.6 cm³/mol. The van der Waals surface area contributed by atoms with Gasteiger partial charge >= 0.3 is 0 Å². The highest BCUT2D eigenvalue weighted by molar-refractivity contribution is 5.04. The van der Waals surface area contributed by atoms with Crippen molar-refractivity contribution in [1.29, 1.82) is 0 Å². The van der Waals surface area contributed by atoms with Crippen LogP contribution in [0.1, 0.15) is 40.0 Å². The number of ether oxygens (including phenoxy) is 3. The van der Waals surface area contributed by atoms with Crippen LogP contribution >= 0.6 is 0 Å². The molecule has 7 nitrogen and oxygen atoms in total. The summed E-state index contributed by atoms with van der Waals surface area (Å²) in [6, 6.07) is 0. The van der Waals surface area contributed by atoms with Crippen LogP contribution in [0, 0.1) is 5.92 Å². The van der Waals surface area contributed by atoms with Crippen molar-refractivity contribution in [3.63, 3.8) is 0 Å². The van der Waals surface area contributed by atoms with Crippen LogP contribution in [0.15, 0.2) is 0 Å². The standard InChI is InChI=1S/C16H28O7/c1-15(2)8-4-5-16(3,23-15)10(6-8)22-14-13(20)12(19)11(18)9(7-17)21-14/h8-14,17-20H,4-7H2,1-3H3/t8-,9+,10-,11-,12-,13-,14-,16+/m1/s1. The third-order valence-electron chi connectivity index (χ3n) is 5.80. The molecule has 23 heavy (non-hydrogen) atoms. The second-order valence-electron chi connectivity index (χ2n) is 7.81. The summed E-state index contributed by atoms with van der Waals surface area (Å²) in [4.78, 5) is 0. The Hall–Kier alpha value is -0.280. The summed E-state index contributed by atoms with van der Waals surface area (Å²) >= 11 is 0. The van der Waals surface area contributed by atoms with Crippen LogP contribution in [0.2, 0.25) is 0 Å². The van der Waals surface area contributed by atoms with Crippen molar-refractivity contribution in [2.24, 2.45) is 5.92 Å². The minimum Gasteiger partial charge on any atom is -0.394 e. The molecule has 0 amide bonds. The molecule has 0 aromatic carbocycles. The van der Waals surface area contributed by atoms with Gasteiger partial charge < -0.3 is 34.6 Å². The summed E-state index contributed by atoms with van der Waals surface area (Å²) in [5, 5.41) is 39.1. The van der Waals surface area contributed by atoms with Gasteiger partial charge in [0.15, 0.2) is 6.29 Å². The van der Waals surface area contributed by atoms with E-state index in [9.17, 15) is 20.4 Å². The zero-order valence-corrected chi connectivity index (χ0v) is 13.9. The maximum Gasteiger partial charge on any atom is 0.187 e. The number of fused-ring (bicyclic) bond motifs is 3. The molecule has 134 valence electrons. The van der Waals surface area contributed by atoms with Crippen LogP contribution in [0.25, 0.3) is 0 Å². The molecule has 4 fully saturated rings. The molecule has 1 aliphatic carbocycles. The summed E-state index contributed by atoms with van der Waals surface area (Å²) in [6.45, 7) is 5.70. The zero-order valence-electron chi connectivity index (χ0n) is 13.9. The fourth-order valence-corrected chi connectivity index (χ4v) is 4.22. The van der Waals surface area contributed by atoms with Gasteiger partial charge in [0.25, 0.3) is 0 Å². The molecule has 7 heteroatoms. The number of aliphatic hydroxyl groups excluding tert-OH is 4. The van der Waals surface area contributed by atoms with Gasteiger partial charge in [-0.2, -0.15) is 0 Å². The van der Waals surface area contributed by atoms with Gasteiger partial charge in [0.05, 0.1) is 23.9 Å². The topological polar surface area (TPSA) is 109 Å². The number of hydrogen-bond donors (Lipinski definition) is 4. The quantitative estimate of drug-likeness (QED) is 0.554. The van der Waals surface area contributed by atoms with Crippen LogP contribution in [-0.2, 0) is 14.2 Å². The van der Waals surface area contributed by atoms with E-state index < -0.39 is 42.9 Å². The maximum absolute atomic E-state index is 10.1. The molecule has 0 radical (unpaired) electrons. The highest BCUT2D eigenvalue weighted by Gasteiger charge is 2.56. The summed E-state index contributed by atoms with van der Waals surface area (Å²) in [7, 11) is 0. The molecule has 0 spiro atoms. The lowest BCUT2D eigenvalue weighted by Gasteiger charge is -2.58. The van der Waals surface area contributed by atoms with E-state index in [2.05, 4.69) is 13.8 Å². The van der Waals surface area contributed by atoms with Gasteiger partial charge in [-0.15, -0.1) is 0 Å². The average Bonchev–Trinajstić information content (AvgIpc) is 2.48. The fourth-order valence-electron chi connectivity index (χ4n) is 4.22. The van der Waals surface area contributed by atoms with E-state index >= 15 is 0 Å². The molecule has 8 atom stereocenters. The fraction of sp³-hybridized carbons (Fsp3) is 1.00. The van der Waals surface area contributed by atoms with Gasteiger partial charge in [0.1, 0.15) is 24.4 Å². The SMILES string of the molecule is CC1(C)O[C@@]2(C)CC[C@@H]1C[C@H]2O[C@H]1O[C@@H](CO)[C@@H](O)[C@@H](O)[C@H]1O. The molecule has 2 bridgehead atoms. The van der Waals surface area contributed by atoms with Gasteiger partial charge in [-0.05, 0) is 46.0 Å². The van der Waals surface area contributed by atoms with Gasteiger partial charge in [-0.3, -0.25) is 0 Å². The smallest absolute Gasteiger partial charge is 0.187 e. The molecular weight excluding hydrogens is 304 g/mol. The Labute approximate surface area is 136 Å². The monoisotopic (exact) mass is 332 g/mol. The van der Waals surface area contributed by atoms with Gasteiger partial charge in [0.2, 0.25) is 0 Å². The lowest BCUT2D eigenvalue weighted by atomic mass is 9.67.